The molecule has 0 bridgehead atoms. The maximum absolute atomic E-state index is 11.7. The Morgan fingerprint density at radius 2 is 1.86 bits per heavy atom. The molecule has 0 radical (unpaired) electrons. The van der Waals surface area contributed by atoms with Crippen LogP contribution in [0.15, 0.2) is 29.2 Å². The molecule has 2 amide bonds. The van der Waals surface area contributed by atoms with Crippen molar-refractivity contribution in [2.75, 3.05) is 19.4 Å². The summed E-state index contributed by atoms with van der Waals surface area (Å²) in [5.41, 5.74) is 0.866. The van der Waals surface area contributed by atoms with Crippen molar-refractivity contribution in [3.63, 3.8) is 0 Å². The molecular weight excluding hydrogens is 300 g/mol. The highest BCUT2D eigenvalue weighted by Crippen LogP contribution is 2.20. The number of rotatable bonds is 8. The van der Waals surface area contributed by atoms with E-state index in [1.165, 1.54) is 0 Å². The molecule has 5 nitrogen and oxygen atoms in total. The van der Waals surface area contributed by atoms with Gasteiger partial charge >= 0.3 is 6.03 Å². The Kier molecular flexibility index (Phi) is 7.55. The maximum Gasteiger partial charge on any atom is 0.315 e. The number of benzene rings is 1. The molecule has 22 heavy (non-hydrogen) atoms. The predicted molar refractivity (Wildman–Crippen MR) is 89.1 cm³/mol. The lowest BCUT2D eigenvalue weighted by atomic mass is 9.89. The summed E-state index contributed by atoms with van der Waals surface area (Å²) in [5.74, 6) is 0. The molecule has 1 aromatic carbocycles. The molecule has 0 aliphatic carbocycles. The molecule has 0 aliphatic heterocycles. The van der Waals surface area contributed by atoms with Crippen LogP contribution in [0.1, 0.15) is 32.3 Å². The van der Waals surface area contributed by atoms with Crippen LogP contribution < -0.4 is 10.6 Å². The van der Waals surface area contributed by atoms with E-state index in [0.29, 0.717) is 13.1 Å². The smallest absolute Gasteiger partial charge is 0.315 e. The average Bonchev–Trinajstić information content (AvgIpc) is 2.50. The first kappa shape index (κ1) is 18.6. The Balaban J connectivity index is 2.24. The number of nitrogens with one attached hydrogen (secondary N) is 2. The van der Waals surface area contributed by atoms with Crippen molar-refractivity contribution in [3.05, 3.63) is 29.8 Å². The van der Waals surface area contributed by atoms with Crippen LogP contribution in [0.2, 0.25) is 0 Å². The number of aliphatic hydroxyl groups excluding tert-OH is 1. The minimum Gasteiger partial charge on any atom is -0.396 e. The number of hydrogen-bond donors (Lipinski definition) is 3. The van der Waals surface area contributed by atoms with Crippen LogP contribution in [0, 0.1) is 5.41 Å². The van der Waals surface area contributed by atoms with E-state index in [9.17, 15) is 9.00 Å². The van der Waals surface area contributed by atoms with E-state index in [-0.39, 0.29) is 18.1 Å². The van der Waals surface area contributed by atoms with E-state index in [1.54, 1.807) is 6.26 Å². The first-order valence-corrected chi connectivity index (χ1v) is 8.95. The molecule has 6 heteroatoms. The van der Waals surface area contributed by atoms with Gasteiger partial charge in [0.05, 0.1) is 0 Å². The van der Waals surface area contributed by atoms with Gasteiger partial charge in [0.15, 0.2) is 0 Å². The lowest BCUT2D eigenvalue weighted by Crippen LogP contribution is -2.36. The Morgan fingerprint density at radius 3 is 2.41 bits per heavy atom. The minimum atomic E-state index is -0.981. The zero-order valence-electron chi connectivity index (χ0n) is 13.5. The van der Waals surface area contributed by atoms with Crippen molar-refractivity contribution in [1.82, 2.24) is 10.6 Å². The molecule has 0 fully saturated rings. The zero-order chi connectivity index (χ0) is 16.6. The van der Waals surface area contributed by atoms with Crippen LogP contribution in [-0.4, -0.2) is 34.8 Å². The van der Waals surface area contributed by atoms with Crippen LogP contribution >= 0.6 is 0 Å². The number of hydrogen-bond acceptors (Lipinski definition) is 3. The predicted octanol–water partition coefficient (Wildman–Crippen LogP) is 2.02. The van der Waals surface area contributed by atoms with Crippen LogP contribution in [0.3, 0.4) is 0 Å². The van der Waals surface area contributed by atoms with Gasteiger partial charge in [0.2, 0.25) is 0 Å². The van der Waals surface area contributed by atoms with Gasteiger partial charge in [-0.1, -0.05) is 26.0 Å². The van der Waals surface area contributed by atoms with E-state index in [1.807, 2.05) is 38.1 Å². The molecule has 0 saturated heterocycles. The van der Waals surface area contributed by atoms with Crippen molar-refractivity contribution in [2.24, 2.45) is 5.41 Å². The molecule has 1 atom stereocenters. The second kappa shape index (κ2) is 8.90. The van der Waals surface area contributed by atoms with Crippen LogP contribution in [0.4, 0.5) is 4.79 Å². The SMILES string of the molecule is CS(=O)c1ccc(CNC(=O)NCCCC(C)(C)CO)cc1. The van der Waals surface area contributed by atoms with Gasteiger partial charge in [0.1, 0.15) is 0 Å². The van der Waals surface area contributed by atoms with Crippen LogP contribution in [0.25, 0.3) is 0 Å². The van der Waals surface area contributed by atoms with Crippen molar-refractivity contribution in [3.8, 4) is 0 Å². The zero-order valence-corrected chi connectivity index (χ0v) is 14.3. The Hall–Kier alpha value is -1.40. The normalized spacial score (nSPS) is 12.7. The second-order valence-electron chi connectivity index (χ2n) is 6.13. The van der Waals surface area contributed by atoms with Gasteiger partial charge in [-0.25, -0.2) is 4.79 Å². The summed E-state index contributed by atoms with van der Waals surface area (Å²) in [5, 5.41) is 14.7. The average molecular weight is 326 g/mol. The summed E-state index contributed by atoms with van der Waals surface area (Å²) in [4.78, 5) is 12.4. The topological polar surface area (TPSA) is 78.4 Å². The fourth-order valence-corrected chi connectivity index (χ4v) is 2.41. The van der Waals surface area contributed by atoms with Crippen LogP contribution in [0.5, 0.6) is 0 Å². The monoisotopic (exact) mass is 326 g/mol. The number of amides is 2. The van der Waals surface area contributed by atoms with Gasteiger partial charge in [-0.2, -0.15) is 0 Å². The molecular formula is C16H26N2O3S. The summed E-state index contributed by atoms with van der Waals surface area (Å²) in [7, 11) is -0.981. The fraction of sp³-hybridized carbons (Fsp3) is 0.562. The Morgan fingerprint density at radius 1 is 1.23 bits per heavy atom. The molecule has 1 rings (SSSR count). The molecule has 3 N–H and O–H groups in total. The highest BCUT2D eigenvalue weighted by Gasteiger charge is 2.15. The number of carbonyl (C=O) groups excluding carboxylic acids is 1. The van der Waals surface area contributed by atoms with Gasteiger partial charge in [-0.3, -0.25) is 4.21 Å². The highest BCUT2D eigenvalue weighted by molar-refractivity contribution is 7.84. The van der Waals surface area contributed by atoms with E-state index in [4.69, 9.17) is 5.11 Å². The Bertz CT molecular complexity index is 501. The molecule has 1 aromatic rings. The van der Waals surface area contributed by atoms with Gasteiger partial charge in [-0.15, -0.1) is 0 Å². The number of carbonyl (C=O) groups is 1. The van der Waals surface area contributed by atoms with Crippen molar-refractivity contribution in [1.29, 1.82) is 0 Å². The van der Waals surface area contributed by atoms with E-state index in [0.717, 1.165) is 23.3 Å². The third kappa shape index (κ3) is 7.04. The van der Waals surface area contributed by atoms with Gasteiger partial charge < -0.3 is 15.7 Å². The number of aliphatic hydroxyl groups is 1. The first-order chi connectivity index (χ1) is 10.3. The highest BCUT2D eigenvalue weighted by atomic mass is 32.2. The molecule has 1 unspecified atom stereocenters. The minimum absolute atomic E-state index is 0.0980. The molecule has 0 spiro atoms. The lowest BCUT2D eigenvalue weighted by molar-refractivity contribution is 0.148. The van der Waals surface area contributed by atoms with E-state index >= 15 is 0 Å². The molecule has 124 valence electrons. The van der Waals surface area contributed by atoms with Crippen molar-refractivity contribution < 1.29 is 14.1 Å². The standard InChI is InChI=1S/C16H26N2O3S/c1-16(2,12-19)9-4-10-17-15(20)18-11-13-5-7-14(8-6-13)22(3)21/h5-8,19H,4,9-12H2,1-3H3,(H2,17,18,20). The quantitative estimate of drug-likeness (QED) is 0.640. The molecule has 0 aliphatic rings. The van der Waals surface area contributed by atoms with Gasteiger partial charge in [0.25, 0.3) is 0 Å². The largest absolute Gasteiger partial charge is 0.396 e. The summed E-state index contributed by atoms with van der Waals surface area (Å²) < 4.78 is 11.3. The summed E-state index contributed by atoms with van der Waals surface area (Å²) in [6.07, 6.45) is 3.33. The van der Waals surface area contributed by atoms with Crippen LogP contribution in [-0.2, 0) is 17.3 Å². The lowest BCUT2D eigenvalue weighted by Gasteiger charge is -2.21. The molecule has 0 heterocycles. The van der Waals surface area contributed by atoms with Crippen molar-refractivity contribution in [2.45, 2.75) is 38.1 Å². The fourth-order valence-electron chi connectivity index (χ4n) is 1.89. The third-order valence-corrected chi connectivity index (χ3v) is 4.39. The Labute approximate surface area is 135 Å². The number of urea groups is 1. The van der Waals surface area contributed by atoms with E-state index < -0.39 is 10.8 Å². The van der Waals surface area contributed by atoms with E-state index in [2.05, 4.69) is 10.6 Å². The molecule has 0 saturated carbocycles. The first-order valence-electron chi connectivity index (χ1n) is 7.39. The molecule has 0 aromatic heterocycles. The second-order valence-corrected chi connectivity index (χ2v) is 7.51. The summed E-state index contributed by atoms with van der Waals surface area (Å²) in [6, 6.07) is 7.14. The third-order valence-electron chi connectivity index (χ3n) is 3.45. The van der Waals surface area contributed by atoms with Crippen molar-refractivity contribution >= 4 is 16.8 Å². The summed E-state index contributed by atoms with van der Waals surface area (Å²) >= 11 is 0. The van der Waals surface area contributed by atoms with Gasteiger partial charge in [-0.05, 0) is 36.0 Å². The van der Waals surface area contributed by atoms with Gasteiger partial charge in [0, 0.05) is 41.6 Å². The maximum atomic E-state index is 11.7. The summed E-state index contributed by atoms with van der Waals surface area (Å²) in [6.45, 7) is 5.17.